The van der Waals surface area contributed by atoms with Crippen LogP contribution in [0.4, 0.5) is 4.39 Å². The monoisotopic (exact) mass is 530 g/mol. The van der Waals surface area contributed by atoms with Crippen LogP contribution in [-0.2, 0) is 16.1 Å². The molecule has 1 amide bonds. The number of carbonyl (C=O) groups excluding carboxylic acids is 1. The lowest BCUT2D eigenvalue weighted by Crippen LogP contribution is -2.54. The highest BCUT2D eigenvalue weighted by atomic mass is 127. The number of morpholine rings is 1. The van der Waals surface area contributed by atoms with Gasteiger partial charge in [-0.05, 0) is 18.2 Å². The van der Waals surface area contributed by atoms with Gasteiger partial charge in [-0.15, -0.1) is 24.0 Å². The predicted octanol–water partition coefficient (Wildman–Crippen LogP) is 0.867. The van der Waals surface area contributed by atoms with Crippen LogP contribution in [0.15, 0.2) is 23.2 Å². The van der Waals surface area contributed by atoms with Crippen LogP contribution in [0.2, 0.25) is 0 Å². The van der Waals surface area contributed by atoms with E-state index in [1.54, 1.807) is 13.1 Å². The Kier molecular flexibility index (Phi) is 9.74. The van der Waals surface area contributed by atoms with E-state index >= 15 is 0 Å². The van der Waals surface area contributed by atoms with Crippen molar-refractivity contribution < 1.29 is 13.9 Å². The highest BCUT2D eigenvalue weighted by molar-refractivity contribution is 14.0. The first kappa shape index (κ1) is 24.3. The zero-order valence-corrected chi connectivity index (χ0v) is 19.5. The molecule has 2 aliphatic rings. The second-order valence-electron chi connectivity index (χ2n) is 7.08. The Bertz CT molecular complexity index is 786. The van der Waals surface area contributed by atoms with Gasteiger partial charge in [0.1, 0.15) is 5.82 Å². The lowest BCUT2D eigenvalue weighted by atomic mass is 10.1. The van der Waals surface area contributed by atoms with Crippen LogP contribution in [0.1, 0.15) is 11.1 Å². The number of hydrogen-bond acceptors (Lipinski definition) is 5. The number of guanidine groups is 1. The van der Waals surface area contributed by atoms with Gasteiger partial charge in [-0.1, -0.05) is 0 Å². The van der Waals surface area contributed by atoms with Crippen LogP contribution >= 0.6 is 24.0 Å². The molecule has 0 aliphatic carbocycles. The van der Waals surface area contributed by atoms with Crippen molar-refractivity contribution in [2.75, 3.05) is 66.1 Å². The van der Waals surface area contributed by atoms with Crippen molar-refractivity contribution in [3.8, 4) is 6.07 Å². The second-order valence-corrected chi connectivity index (χ2v) is 7.08. The zero-order valence-electron chi connectivity index (χ0n) is 17.1. The molecule has 2 aliphatic heterocycles. The van der Waals surface area contributed by atoms with E-state index in [0.29, 0.717) is 49.9 Å². The summed E-state index contributed by atoms with van der Waals surface area (Å²) in [7, 11) is 1.69. The first-order chi connectivity index (χ1) is 14.1. The van der Waals surface area contributed by atoms with Gasteiger partial charge >= 0.3 is 0 Å². The van der Waals surface area contributed by atoms with Gasteiger partial charge in [-0.25, -0.2) is 4.39 Å². The normalized spacial score (nSPS) is 17.8. The third-order valence-corrected chi connectivity index (χ3v) is 5.22. The van der Waals surface area contributed by atoms with Gasteiger partial charge in [-0.2, -0.15) is 5.26 Å². The summed E-state index contributed by atoms with van der Waals surface area (Å²) in [6.45, 7) is 6.21. The highest BCUT2D eigenvalue weighted by Gasteiger charge is 2.24. The van der Waals surface area contributed by atoms with Gasteiger partial charge in [0.2, 0.25) is 5.91 Å². The Morgan fingerprint density at radius 1 is 1.20 bits per heavy atom. The fourth-order valence-corrected chi connectivity index (χ4v) is 3.51. The van der Waals surface area contributed by atoms with Crippen molar-refractivity contribution in [1.29, 1.82) is 5.26 Å². The first-order valence-corrected chi connectivity index (χ1v) is 9.82. The minimum absolute atomic E-state index is 0. The number of nitriles is 1. The minimum atomic E-state index is -0.349. The maximum Gasteiger partial charge on any atom is 0.236 e. The Balaban J connectivity index is 0.00000320. The second kappa shape index (κ2) is 12.0. The number of carbonyl (C=O) groups is 1. The standard InChI is InChI=1S/C20H27FN6O2.HI/c1-23-20(24-14-17-12-16(13-22)2-3-18(17)21)27-6-4-25(5-7-27)15-19(28)26-8-10-29-11-9-26;/h2-3,12H,4-11,14-15H2,1H3,(H,23,24);1H. The molecule has 0 bridgehead atoms. The molecule has 0 saturated carbocycles. The molecule has 8 nitrogen and oxygen atoms in total. The Morgan fingerprint density at radius 3 is 2.53 bits per heavy atom. The summed E-state index contributed by atoms with van der Waals surface area (Å²) in [5, 5.41) is 12.2. The van der Waals surface area contributed by atoms with E-state index in [0.717, 1.165) is 26.2 Å². The van der Waals surface area contributed by atoms with Crippen molar-refractivity contribution in [1.82, 2.24) is 20.0 Å². The fraction of sp³-hybridized carbons (Fsp3) is 0.550. The van der Waals surface area contributed by atoms with Crippen LogP contribution in [-0.4, -0.2) is 92.6 Å². The number of amides is 1. The molecule has 0 aromatic heterocycles. The quantitative estimate of drug-likeness (QED) is 0.354. The zero-order chi connectivity index (χ0) is 20.6. The van der Waals surface area contributed by atoms with Crippen molar-refractivity contribution in [3.63, 3.8) is 0 Å². The van der Waals surface area contributed by atoms with Crippen LogP contribution in [0, 0.1) is 17.1 Å². The van der Waals surface area contributed by atoms with Crippen LogP contribution in [0.3, 0.4) is 0 Å². The molecule has 1 N–H and O–H groups in total. The Labute approximate surface area is 193 Å². The Morgan fingerprint density at radius 2 is 1.90 bits per heavy atom. The molecule has 0 unspecified atom stereocenters. The molecule has 164 valence electrons. The van der Waals surface area contributed by atoms with E-state index in [-0.39, 0.29) is 42.2 Å². The number of ether oxygens (including phenoxy) is 1. The molecule has 1 aromatic rings. The van der Waals surface area contributed by atoms with Crippen molar-refractivity contribution >= 4 is 35.8 Å². The summed E-state index contributed by atoms with van der Waals surface area (Å²) in [6.07, 6.45) is 0. The number of hydrogen-bond donors (Lipinski definition) is 1. The molecule has 10 heteroatoms. The number of benzene rings is 1. The molecular weight excluding hydrogens is 502 g/mol. The number of nitrogens with one attached hydrogen (secondary N) is 1. The summed E-state index contributed by atoms with van der Waals surface area (Å²) in [6, 6.07) is 6.34. The number of aliphatic imine (C=N–C) groups is 1. The average Bonchev–Trinajstić information content (AvgIpc) is 2.77. The van der Waals surface area contributed by atoms with E-state index < -0.39 is 0 Å². The number of rotatable bonds is 4. The van der Waals surface area contributed by atoms with Gasteiger partial charge in [-0.3, -0.25) is 14.7 Å². The summed E-state index contributed by atoms with van der Waals surface area (Å²) >= 11 is 0. The highest BCUT2D eigenvalue weighted by Crippen LogP contribution is 2.11. The number of piperazine rings is 1. The number of nitrogens with zero attached hydrogens (tertiary/aromatic N) is 5. The van der Waals surface area contributed by atoms with Crippen molar-refractivity contribution in [2.24, 2.45) is 4.99 Å². The third-order valence-electron chi connectivity index (χ3n) is 5.22. The number of halogens is 2. The Hall–Kier alpha value is -1.97. The van der Waals surface area contributed by atoms with Gasteiger partial charge in [0.05, 0.1) is 31.4 Å². The summed E-state index contributed by atoms with van der Waals surface area (Å²) < 4.78 is 19.3. The minimum Gasteiger partial charge on any atom is -0.378 e. The van der Waals surface area contributed by atoms with Crippen LogP contribution < -0.4 is 5.32 Å². The lowest BCUT2D eigenvalue weighted by Gasteiger charge is -2.37. The van der Waals surface area contributed by atoms with Gasteiger partial charge in [0, 0.05) is 58.4 Å². The molecule has 3 rings (SSSR count). The summed E-state index contributed by atoms with van der Waals surface area (Å²) in [4.78, 5) is 22.8. The fourth-order valence-electron chi connectivity index (χ4n) is 3.51. The SMILES string of the molecule is CN=C(NCc1cc(C#N)ccc1F)N1CCN(CC(=O)N2CCOCC2)CC1.I. The summed E-state index contributed by atoms with van der Waals surface area (Å²) in [5.41, 5.74) is 0.858. The van der Waals surface area contributed by atoms with E-state index in [9.17, 15) is 9.18 Å². The van der Waals surface area contributed by atoms with E-state index in [1.807, 2.05) is 11.0 Å². The molecule has 0 atom stereocenters. The average molecular weight is 530 g/mol. The maximum atomic E-state index is 14.0. The van der Waals surface area contributed by atoms with Crippen LogP contribution in [0.25, 0.3) is 0 Å². The first-order valence-electron chi connectivity index (χ1n) is 9.82. The third kappa shape index (κ3) is 6.52. The topological polar surface area (TPSA) is 84.2 Å². The van der Waals surface area contributed by atoms with Gasteiger partial charge in [0.15, 0.2) is 5.96 Å². The molecule has 2 saturated heterocycles. The molecule has 2 fully saturated rings. The van der Waals surface area contributed by atoms with Crippen molar-refractivity contribution in [3.05, 3.63) is 35.1 Å². The van der Waals surface area contributed by atoms with Crippen LogP contribution in [0.5, 0.6) is 0 Å². The smallest absolute Gasteiger partial charge is 0.236 e. The van der Waals surface area contributed by atoms with E-state index in [1.165, 1.54) is 12.1 Å². The molecule has 1 aromatic carbocycles. The largest absolute Gasteiger partial charge is 0.378 e. The van der Waals surface area contributed by atoms with E-state index in [4.69, 9.17) is 10.00 Å². The van der Waals surface area contributed by atoms with E-state index in [2.05, 4.69) is 20.1 Å². The molecule has 30 heavy (non-hydrogen) atoms. The predicted molar refractivity (Wildman–Crippen MR) is 122 cm³/mol. The molecular formula is C20H28FIN6O2. The van der Waals surface area contributed by atoms with Gasteiger partial charge in [0.25, 0.3) is 0 Å². The molecule has 0 radical (unpaired) electrons. The molecule has 0 spiro atoms. The lowest BCUT2D eigenvalue weighted by molar-refractivity contribution is -0.136. The maximum absolute atomic E-state index is 14.0. The summed E-state index contributed by atoms with van der Waals surface area (Å²) in [5.74, 6) is 0.487. The van der Waals surface area contributed by atoms with Crippen molar-refractivity contribution in [2.45, 2.75) is 6.54 Å². The molecule has 2 heterocycles. The van der Waals surface area contributed by atoms with Gasteiger partial charge < -0.3 is 19.9 Å².